The lowest BCUT2D eigenvalue weighted by Crippen LogP contribution is -2.45. The minimum Gasteiger partial charge on any atom is -0.369 e. The van der Waals surface area contributed by atoms with E-state index in [-0.39, 0.29) is 24.3 Å². The fourth-order valence-electron chi connectivity index (χ4n) is 2.89. The average Bonchev–Trinajstić information content (AvgIpc) is 3.01. The number of carbonyl (C=O) groups is 2. The first-order valence-electron chi connectivity index (χ1n) is 7.61. The number of fused-ring (bicyclic) bond motifs is 1. The largest absolute Gasteiger partial charge is 0.369 e. The zero-order valence-corrected chi connectivity index (χ0v) is 13.8. The van der Waals surface area contributed by atoms with Crippen molar-refractivity contribution in [3.8, 4) is 0 Å². The molecule has 2 aromatic rings. The van der Waals surface area contributed by atoms with E-state index in [2.05, 4.69) is 15.4 Å². The molecule has 124 valence electrons. The molecule has 2 aromatic heterocycles. The summed E-state index contributed by atoms with van der Waals surface area (Å²) in [6.45, 7) is 3.93. The molecule has 3 heterocycles. The van der Waals surface area contributed by atoms with Crippen LogP contribution in [-0.2, 0) is 16.1 Å². The second-order valence-corrected chi connectivity index (χ2v) is 7.00. The van der Waals surface area contributed by atoms with Crippen LogP contribution in [0.5, 0.6) is 0 Å². The summed E-state index contributed by atoms with van der Waals surface area (Å²) < 4.78 is 1.73. The van der Waals surface area contributed by atoms with Crippen molar-refractivity contribution in [1.82, 2.24) is 24.8 Å². The summed E-state index contributed by atoms with van der Waals surface area (Å²) >= 11 is 1.52. The van der Waals surface area contributed by atoms with Crippen LogP contribution < -0.4 is 11.1 Å². The molecule has 2 amide bonds. The molecule has 1 aliphatic heterocycles. The third kappa shape index (κ3) is 3.85. The van der Waals surface area contributed by atoms with Gasteiger partial charge in [0.1, 0.15) is 5.01 Å². The van der Waals surface area contributed by atoms with Crippen molar-refractivity contribution in [3.05, 3.63) is 16.9 Å². The summed E-state index contributed by atoms with van der Waals surface area (Å²) in [6.07, 6.45) is 3.56. The van der Waals surface area contributed by atoms with E-state index in [4.69, 9.17) is 5.73 Å². The highest BCUT2D eigenvalue weighted by Crippen LogP contribution is 2.17. The lowest BCUT2D eigenvalue weighted by Gasteiger charge is -2.30. The summed E-state index contributed by atoms with van der Waals surface area (Å²) in [5.41, 5.74) is 6.01. The summed E-state index contributed by atoms with van der Waals surface area (Å²) in [5, 5.41) is 8.18. The molecule has 0 bridgehead atoms. The standard InChI is InChI=1S/C14H20N6O2S/c1-9-18-20-7-11(17-14(20)23-9)5-16-13(22)10-3-2-4-19(6-10)8-12(15)21/h7,10H,2-6,8H2,1H3,(H2,15,21)(H,16,22)/t10-/m1/s1. The number of imidazole rings is 1. The number of carbonyl (C=O) groups excluding carboxylic acids is 2. The van der Waals surface area contributed by atoms with Crippen LogP contribution in [0.25, 0.3) is 4.96 Å². The fourth-order valence-corrected chi connectivity index (χ4v) is 3.63. The van der Waals surface area contributed by atoms with Gasteiger partial charge < -0.3 is 11.1 Å². The number of amides is 2. The molecule has 1 fully saturated rings. The Hall–Kier alpha value is -2.00. The zero-order valence-electron chi connectivity index (χ0n) is 13.0. The number of hydrogen-bond acceptors (Lipinski definition) is 6. The molecule has 0 saturated carbocycles. The van der Waals surface area contributed by atoms with Crippen molar-refractivity contribution >= 4 is 28.1 Å². The van der Waals surface area contributed by atoms with E-state index >= 15 is 0 Å². The van der Waals surface area contributed by atoms with Gasteiger partial charge in [0.2, 0.25) is 16.8 Å². The number of nitrogens with two attached hydrogens (primary N) is 1. The van der Waals surface area contributed by atoms with Gasteiger partial charge in [-0.25, -0.2) is 9.50 Å². The van der Waals surface area contributed by atoms with Gasteiger partial charge in [-0.15, -0.1) is 0 Å². The van der Waals surface area contributed by atoms with Gasteiger partial charge in [-0.1, -0.05) is 11.3 Å². The monoisotopic (exact) mass is 336 g/mol. The van der Waals surface area contributed by atoms with Crippen molar-refractivity contribution in [3.63, 3.8) is 0 Å². The van der Waals surface area contributed by atoms with Crippen molar-refractivity contribution in [2.75, 3.05) is 19.6 Å². The van der Waals surface area contributed by atoms with Crippen LogP contribution in [0.15, 0.2) is 6.20 Å². The predicted octanol–water partition coefficient (Wildman–Crippen LogP) is -0.0873. The lowest BCUT2D eigenvalue weighted by molar-refractivity contribution is -0.128. The van der Waals surface area contributed by atoms with Gasteiger partial charge in [0.25, 0.3) is 0 Å². The van der Waals surface area contributed by atoms with Crippen molar-refractivity contribution in [2.45, 2.75) is 26.3 Å². The summed E-state index contributed by atoms with van der Waals surface area (Å²) in [4.78, 5) is 30.5. The third-order valence-electron chi connectivity index (χ3n) is 3.89. The molecule has 0 unspecified atom stereocenters. The van der Waals surface area contributed by atoms with Crippen LogP contribution in [-0.4, -0.2) is 50.9 Å². The number of piperidine rings is 1. The van der Waals surface area contributed by atoms with Gasteiger partial charge in [-0.2, -0.15) is 5.10 Å². The number of primary amides is 1. The second-order valence-electron chi connectivity index (χ2n) is 5.84. The molecular formula is C14H20N6O2S. The van der Waals surface area contributed by atoms with Gasteiger partial charge in [-0.3, -0.25) is 14.5 Å². The van der Waals surface area contributed by atoms with Crippen LogP contribution in [0.1, 0.15) is 23.5 Å². The second kappa shape index (κ2) is 6.63. The minimum atomic E-state index is -0.355. The average molecular weight is 336 g/mol. The molecule has 0 radical (unpaired) electrons. The molecule has 8 nitrogen and oxygen atoms in total. The maximum absolute atomic E-state index is 12.3. The topological polar surface area (TPSA) is 106 Å². The molecule has 1 atom stereocenters. The first kappa shape index (κ1) is 15.9. The minimum absolute atomic E-state index is 0.000310. The molecule has 0 aliphatic carbocycles. The number of aryl methyl sites for hydroxylation is 1. The Morgan fingerprint density at radius 2 is 2.35 bits per heavy atom. The third-order valence-corrected chi connectivity index (χ3v) is 4.73. The van der Waals surface area contributed by atoms with Crippen LogP contribution in [0, 0.1) is 12.8 Å². The molecule has 3 rings (SSSR count). The summed E-state index contributed by atoms with van der Waals surface area (Å²) in [5.74, 6) is -0.459. The fraction of sp³-hybridized carbons (Fsp3) is 0.571. The van der Waals surface area contributed by atoms with Crippen molar-refractivity contribution in [1.29, 1.82) is 0 Å². The lowest BCUT2D eigenvalue weighted by atomic mass is 9.97. The maximum atomic E-state index is 12.3. The number of hydrogen-bond donors (Lipinski definition) is 2. The molecule has 9 heteroatoms. The highest BCUT2D eigenvalue weighted by molar-refractivity contribution is 7.16. The summed E-state index contributed by atoms with van der Waals surface area (Å²) in [6, 6.07) is 0. The number of likely N-dealkylation sites (tertiary alicyclic amines) is 1. The molecule has 0 spiro atoms. The smallest absolute Gasteiger partial charge is 0.231 e. The Morgan fingerprint density at radius 3 is 3.09 bits per heavy atom. The van der Waals surface area contributed by atoms with E-state index < -0.39 is 0 Å². The van der Waals surface area contributed by atoms with E-state index in [0.717, 1.165) is 35.0 Å². The van der Waals surface area contributed by atoms with Gasteiger partial charge >= 0.3 is 0 Å². The van der Waals surface area contributed by atoms with E-state index in [1.807, 2.05) is 18.0 Å². The number of rotatable bonds is 5. The van der Waals surface area contributed by atoms with Gasteiger partial charge in [-0.05, 0) is 26.3 Å². The summed E-state index contributed by atoms with van der Waals surface area (Å²) in [7, 11) is 0. The van der Waals surface area contributed by atoms with Crippen LogP contribution >= 0.6 is 11.3 Å². The van der Waals surface area contributed by atoms with Crippen LogP contribution in [0.3, 0.4) is 0 Å². The molecule has 3 N–H and O–H groups in total. The Morgan fingerprint density at radius 1 is 1.52 bits per heavy atom. The van der Waals surface area contributed by atoms with Gasteiger partial charge in [0, 0.05) is 6.54 Å². The molecular weight excluding hydrogens is 316 g/mol. The quantitative estimate of drug-likeness (QED) is 0.794. The molecule has 1 saturated heterocycles. The SMILES string of the molecule is Cc1nn2cc(CNC(=O)[C@@H]3CCCN(CC(N)=O)C3)nc2s1. The Kier molecular flexibility index (Phi) is 4.58. The van der Waals surface area contributed by atoms with Gasteiger partial charge in [0.05, 0.1) is 30.9 Å². The molecule has 23 heavy (non-hydrogen) atoms. The predicted molar refractivity (Wildman–Crippen MR) is 85.8 cm³/mol. The maximum Gasteiger partial charge on any atom is 0.231 e. The number of nitrogens with one attached hydrogen (secondary N) is 1. The first-order valence-corrected chi connectivity index (χ1v) is 8.43. The van der Waals surface area contributed by atoms with E-state index in [9.17, 15) is 9.59 Å². The van der Waals surface area contributed by atoms with E-state index in [1.165, 1.54) is 11.3 Å². The molecule has 1 aliphatic rings. The normalized spacial score (nSPS) is 19.1. The highest BCUT2D eigenvalue weighted by atomic mass is 32.1. The van der Waals surface area contributed by atoms with Crippen LogP contribution in [0.2, 0.25) is 0 Å². The number of nitrogens with zero attached hydrogens (tertiary/aromatic N) is 4. The highest BCUT2D eigenvalue weighted by Gasteiger charge is 2.26. The van der Waals surface area contributed by atoms with Crippen molar-refractivity contribution < 1.29 is 9.59 Å². The Balaban J connectivity index is 1.53. The van der Waals surface area contributed by atoms with Crippen molar-refractivity contribution in [2.24, 2.45) is 11.7 Å². The Bertz CT molecular complexity index is 692. The van der Waals surface area contributed by atoms with E-state index in [1.54, 1.807) is 4.52 Å². The zero-order chi connectivity index (χ0) is 16.4. The van der Waals surface area contributed by atoms with Crippen LogP contribution in [0.4, 0.5) is 0 Å². The number of aromatic nitrogens is 3. The molecule has 0 aromatic carbocycles. The Labute approximate surface area is 137 Å². The first-order chi connectivity index (χ1) is 11.0. The van der Waals surface area contributed by atoms with E-state index in [0.29, 0.717) is 13.1 Å². The van der Waals surface area contributed by atoms with Gasteiger partial charge in [0.15, 0.2) is 0 Å².